The maximum absolute atomic E-state index is 5.03. The van der Waals surface area contributed by atoms with Gasteiger partial charge >= 0.3 is 0 Å². The summed E-state index contributed by atoms with van der Waals surface area (Å²) < 4.78 is 0. The number of amidine groups is 1. The molecule has 0 aliphatic rings. The molecule has 0 atom stereocenters. The van der Waals surface area contributed by atoms with Crippen molar-refractivity contribution < 1.29 is 0 Å². The van der Waals surface area contributed by atoms with E-state index in [4.69, 9.17) is 9.98 Å². The molecule has 5 aromatic rings. The lowest BCUT2D eigenvalue weighted by atomic mass is 10.0. The first-order valence-electron chi connectivity index (χ1n) is 12.8. The molecule has 0 unspecified atom stereocenters. The van der Waals surface area contributed by atoms with Crippen LogP contribution in [0.4, 0.5) is 0 Å². The Balaban J connectivity index is 1.57. The topological polar surface area (TPSA) is 24.7 Å². The molecule has 5 rings (SSSR count). The van der Waals surface area contributed by atoms with Crippen LogP contribution in [0, 0.1) is 6.92 Å². The van der Waals surface area contributed by atoms with Gasteiger partial charge in [-0.1, -0.05) is 133 Å². The van der Waals surface area contributed by atoms with E-state index in [9.17, 15) is 0 Å². The SMILES string of the molecule is C=C(N=C(N=C(C)c1ccc(C)cc1)c1cccc(-c2ccccc2)c1)c1cccc(-c2ccccc2)c1. The third kappa shape index (κ3) is 5.93. The highest BCUT2D eigenvalue weighted by Crippen LogP contribution is 2.26. The molecule has 0 heterocycles. The van der Waals surface area contributed by atoms with Crippen LogP contribution in [0.25, 0.3) is 28.0 Å². The Morgan fingerprint density at radius 2 is 1.00 bits per heavy atom. The van der Waals surface area contributed by atoms with Gasteiger partial charge in [-0.05, 0) is 53.8 Å². The van der Waals surface area contributed by atoms with E-state index < -0.39 is 0 Å². The van der Waals surface area contributed by atoms with Gasteiger partial charge in [-0.25, -0.2) is 9.98 Å². The van der Waals surface area contributed by atoms with E-state index in [0.717, 1.165) is 44.7 Å². The van der Waals surface area contributed by atoms with Crippen LogP contribution in [-0.2, 0) is 0 Å². The van der Waals surface area contributed by atoms with Gasteiger partial charge in [0.2, 0.25) is 0 Å². The summed E-state index contributed by atoms with van der Waals surface area (Å²) >= 11 is 0. The van der Waals surface area contributed by atoms with Crippen molar-refractivity contribution in [3.05, 3.63) is 162 Å². The minimum absolute atomic E-state index is 0.635. The largest absolute Gasteiger partial charge is 0.233 e. The van der Waals surface area contributed by atoms with Crippen molar-refractivity contribution in [3.8, 4) is 22.3 Å². The van der Waals surface area contributed by atoms with E-state index >= 15 is 0 Å². The van der Waals surface area contributed by atoms with Crippen molar-refractivity contribution in [2.24, 2.45) is 9.98 Å². The van der Waals surface area contributed by atoms with E-state index in [1.54, 1.807) is 0 Å². The van der Waals surface area contributed by atoms with Crippen LogP contribution in [0.5, 0.6) is 0 Å². The zero-order valence-electron chi connectivity index (χ0n) is 21.8. The fourth-order valence-electron chi connectivity index (χ4n) is 4.34. The third-order valence-electron chi connectivity index (χ3n) is 6.51. The summed E-state index contributed by atoms with van der Waals surface area (Å²) in [4.78, 5) is 10.0. The van der Waals surface area contributed by atoms with Crippen molar-refractivity contribution in [2.75, 3.05) is 0 Å². The second-order valence-corrected chi connectivity index (χ2v) is 9.34. The number of hydrogen-bond acceptors (Lipinski definition) is 1. The highest BCUT2D eigenvalue weighted by Gasteiger charge is 2.10. The molecule has 2 heteroatoms. The normalized spacial score (nSPS) is 11.8. The number of aryl methyl sites for hydroxylation is 1. The lowest BCUT2D eigenvalue weighted by Gasteiger charge is -2.10. The fourth-order valence-corrected chi connectivity index (χ4v) is 4.34. The fraction of sp³-hybridized carbons (Fsp3) is 0.0556. The van der Waals surface area contributed by atoms with Crippen LogP contribution in [0.15, 0.2) is 150 Å². The van der Waals surface area contributed by atoms with Crippen LogP contribution in [0.1, 0.15) is 29.2 Å². The Morgan fingerprint density at radius 3 is 1.58 bits per heavy atom. The van der Waals surface area contributed by atoms with Gasteiger partial charge in [-0.3, -0.25) is 0 Å². The number of rotatable bonds is 6. The van der Waals surface area contributed by atoms with Crippen LogP contribution in [0.2, 0.25) is 0 Å². The minimum Gasteiger partial charge on any atom is -0.233 e. The van der Waals surface area contributed by atoms with Gasteiger partial charge in [0, 0.05) is 16.8 Å². The molecule has 0 bridgehead atoms. The number of hydrogen-bond donors (Lipinski definition) is 0. The second-order valence-electron chi connectivity index (χ2n) is 9.34. The van der Waals surface area contributed by atoms with Crippen molar-refractivity contribution >= 4 is 17.2 Å². The van der Waals surface area contributed by atoms with Gasteiger partial charge in [-0.2, -0.15) is 0 Å². The Hall–Kier alpha value is -4.82. The van der Waals surface area contributed by atoms with E-state index in [0.29, 0.717) is 11.5 Å². The molecule has 5 aromatic carbocycles. The van der Waals surface area contributed by atoms with Crippen LogP contribution < -0.4 is 0 Å². The van der Waals surface area contributed by atoms with Crippen molar-refractivity contribution in [1.29, 1.82) is 0 Å². The van der Waals surface area contributed by atoms with E-state index in [1.165, 1.54) is 5.56 Å². The molecule has 0 saturated heterocycles. The number of nitrogens with zero attached hydrogens (tertiary/aromatic N) is 2. The Labute approximate surface area is 225 Å². The van der Waals surface area contributed by atoms with Gasteiger partial charge < -0.3 is 0 Å². The highest BCUT2D eigenvalue weighted by molar-refractivity contribution is 6.13. The molecule has 0 aliphatic carbocycles. The maximum atomic E-state index is 5.03. The van der Waals surface area contributed by atoms with Crippen LogP contribution in [0.3, 0.4) is 0 Å². The lowest BCUT2D eigenvalue weighted by Crippen LogP contribution is -2.04. The Kier molecular flexibility index (Phi) is 7.52. The summed E-state index contributed by atoms with van der Waals surface area (Å²) in [7, 11) is 0. The van der Waals surface area contributed by atoms with Crippen molar-refractivity contribution in [2.45, 2.75) is 13.8 Å². The molecular formula is C36H30N2. The smallest absolute Gasteiger partial charge is 0.160 e. The first kappa shape index (κ1) is 24.9. The molecule has 0 radical (unpaired) electrons. The van der Waals surface area contributed by atoms with Gasteiger partial charge in [-0.15, -0.1) is 0 Å². The summed E-state index contributed by atoms with van der Waals surface area (Å²) in [6.07, 6.45) is 0. The van der Waals surface area contributed by atoms with Gasteiger partial charge in [0.15, 0.2) is 5.84 Å². The molecule has 184 valence electrons. The molecule has 0 saturated carbocycles. The molecule has 0 aromatic heterocycles. The summed E-state index contributed by atoms with van der Waals surface area (Å²) in [6, 6.07) is 45.9. The molecule has 0 fully saturated rings. The summed E-state index contributed by atoms with van der Waals surface area (Å²) in [5.74, 6) is 0.635. The third-order valence-corrected chi connectivity index (χ3v) is 6.51. The molecule has 2 nitrogen and oxygen atoms in total. The standard InChI is InChI=1S/C36H30N2/c1-26-20-22-29(23-21-26)27(2)37-36(35-19-11-18-34(25-35)31-14-8-5-9-15-31)38-28(3)32-16-10-17-33(24-32)30-12-6-4-7-13-30/h4-25H,3H2,1-2H3. The minimum atomic E-state index is 0.635. The lowest BCUT2D eigenvalue weighted by molar-refractivity contribution is 1.42. The van der Waals surface area contributed by atoms with E-state index in [-0.39, 0.29) is 0 Å². The summed E-state index contributed by atoms with van der Waals surface area (Å²) in [6.45, 7) is 8.46. The number of benzene rings is 5. The molecule has 38 heavy (non-hydrogen) atoms. The van der Waals surface area contributed by atoms with Crippen LogP contribution in [-0.4, -0.2) is 11.5 Å². The Morgan fingerprint density at radius 1 is 0.500 bits per heavy atom. The highest BCUT2D eigenvalue weighted by atomic mass is 14.9. The molecule has 0 amide bonds. The molecule has 0 spiro atoms. The maximum Gasteiger partial charge on any atom is 0.160 e. The van der Waals surface area contributed by atoms with Gasteiger partial charge in [0.1, 0.15) is 0 Å². The quantitative estimate of drug-likeness (QED) is 0.167. The first-order valence-corrected chi connectivity index (χ1v) is 12.8. The predicted octanol–water partition coefficient (Wildman–Crippen LogP) is 9.26. The first-order chi connectivity index (χ1) is 18.6. The molecule has 0 aliphatic heterocycles. The number of aliphatic imine (C=N–C) groups is 2. The van der Waals surface area contributed by atoms with Gasteiger partial charge in [0.25, 0.3) is 0 Å². The molecule has 0 N–H and O–H groups in total. The monoisotopic (exact) mass is 490 g/mol. The second kappa shape index (κ2) is 11.5. The van der Waals surface area contributed by atoms with Crippen molar-refractivity contribution in [3.63, 3.8) is 0 Å². The average molecular weight is 491 g/mol. The zero-order chi connectivity index (χ0) is 26.3. The van der Waals surface area contributed by atoms with Gasteiger partial charge in [0.05, 0.1) is 5.70 Å². The summed E-state index contributed by atoms with van der Waals surface area (Å²) in [5.41, 5.74) is 10.3. The van der Waals surface area contributed by atoms with E-state index in [1.807, 2.05) is 25.1 Å². The average Bonchev–Trinajstić information content (AvgIpc) is 2.98. The van der Waals surface area contributed by atoms with Crippen LogP contribution >= 0.6 is 0 Å². The Bertz CT molecular complexity index is 1610. The summed E-state index contributed by atoms with van der Waals surface area (Å²) in [5, 5.41) is 0. The molecular weight excluding hydrogens is 460 g/mol. The van der Waals surface area contributed by atoms with E-state index in [2.05, 4.69) is 129 Å². The zero-order valence-corrected chi connectivity index (χ0v) is 21.8. The van der Waals surface area contributed by atoms with Crippen molar-refractivity contribution in [1.82, 2.24) is 0 Å². The predicted molar refractivity (Wildman–Crippen MR) is 163 cm³/mol.